The van der Waals surface area contributed by atoms with Crippen LogP contribution in [0.15, 0.2) is 0 Å². The highest BCUT2D eigenvalue weighted by atomic mass is 16.5. The molecule has 0 aliphatic heterocycles. The average molecular weight is 156 g/mol. The van der Waals surface area contributed by atoms with E-state index in [9.17, 15) is 0 Å². The summed E-state index contributed by atoms with van der Waals surface area (Å²) in [6, 6.07) is 0. The Labute approximate surface area is 70.1 Å². The molecule has 1 aliphatic rings. The minimum Gasteiger partial charge on any atom is -0.385 e. The summed E-state index contributed by atoms with van der Waals surface area (Å²) in [5.74, 6) is 1.97. The highest BCUT2D eigenvalue weighted by Crippen LogP contribution is 2.34. The fourth-order valence-electron chi connectivity index (χ4n) is 1.39. The van der Waals surface area contributed by atoms with Crippen LogP contribution in [-0.4, -0.2) is 13.7 Å². The standard InChI is InChI=1S/C10H20O/c1-9(7-8-11-2)3-4-10-5-6-10/h9-10H,3-8H2,1-2H3. The first kappa shape index (κ1) is 9.05. The first-order valence-corrected chi connectivity index (χ1v) is 4.82. The lowest BCUT2D eigenvalue weighted by Gasteiger charge is -2.09. The van der Waals surface area contributed by atoms with Crippen molar-refractivity contribution in [1.29, 1.82) is 0 Å². The van der Waals surface area contributed by atoms with E-state index in [1.165, 1.54) is 32.1 Å². The van der Waals surface area contributed by atoms with Crippen molar-refractivity contribution in [3.63, 3.8) is 0 Å². The Bertz CT molecular complexity index is 97.0. The highest BCUT2D eigenvalue weighted by molar-refractivity contribution is 4.73. The van der Waals surface area contributed by atoms with Gasteiger partial charge in [0.2, 0.25) is 0 Å². The Balaban J connectivity index is 1.87. The molecule has 0 radical (unpaired) electrons. The predicted octanol–water partition coefficient (Wildman–Crippen LogP) is 2.85. The lowest BCUT2D eigenvalue weighted by atomic mass is 10.0. The van der Waals surface area contributed by atoms with E-state index in [-0.39, 0.29) is 0 Å². The fraction of sp³-hybridized carbons (Fsp3) is 1.00. The summed E-state index contributed by atoms with van der Waals surface area (Å²) in [6.45, 7) is 3.27. The summed E-state index contributed by atoms with van der Waals surface area (Å²) in [6.07, 6.45) is 7.11. The van der Waals surface area contributed by atoms with Crippen molar-refractivity contribution in [2.75, 3.05) is 13.7 Å². The van der Waals surface area contributed by atoms with E-state index in [1.807, 2.05) is 0 Å². The van der Waals surface area contributed by atoms with Crippen molar-refractivity contribution in [2.45, 2.75) is 39.0 Å². The summed E-state index contributed by atoms with van der Waals surface area (Å²) in [4.78, 5) is 0. The molecule has 1 fully saturated rings. The van der Waals surface area contributed by atoms with Gasteiger partial charge in [-0.05, 0) is 18.3 Å². The van der Waals surface area contributed by atoms with Gasteiger partial charge in [0, 0.05) is 13.7 Å². The Morgan fingerprint density at radius 2 is 2.09 bits per heavy atom. The first-order valence-electron chi connectivity index (χ1n) is 4.82. The van der Waals surface area contributed by atoms with Gasteiger partial charge in [0.15, 0.2) is 0 Å². The summed E-state index contributed by atoms with van der Waals surface area (Å²) in [7, 11) is 1.79. The largest absolute Gasteiger partial charge is 0.385 e. The summed E-state index contributed by atoms with van der Waals surface area (Å²) < 4.78 is 5.03. The van der Waals surface area contributed by atoms with Gasteiger partial charge in [0.05, 0.1) is 0 Å². The molecular formula is C10H20O. The zero-order chi connectivity index (χ0) is 8.10. The van der Waals surface area contributed by atoms with Crippen molar-refractivity contribution < 1.29 is 4.74 Å². The molecule has 0 amide bonds. The summed E-state index contributed by atoms with van der Waals surface area (Å²) >= 11 is 0. The Morgan fingerprint density at radius 1 is 1.36 bits per heavy atom. The van der Waals surface area contributed by atoms with E-state index < -0.39 is 0 Å². The second-order valence-electron chi connectivity index (χ2n) is 3.91. The highest BCUT2D eigenvalue weighted by Gasteiger charge is 2.21. The third-order valence-corrected chi connectivity index (χ3v) is 2.58. The molecule has 0 heterocycles. The van der Waals surface area contributed by atoms with Crippen LogP contribution in [0.5, 0.6) is 0 Å². The minimum atomic E-state index is 0.871. The van der Waals surface area contributed by atoms with E-state index in [2.05, 4.69) is 6.92 Å². The van der Waals surface area contributed by atoms with Gasteiger partial charge >= 0.3 is 0 Å². The van der Waals surface area contributed by atoms with Crippen molar-refractivity contribution in [3.8, 4) is 0 Å². The van der Waals surface area contributed by atoms with Gasteiger partial charge in [-0.1, -0.05) is 32.6 Å². The molecule has 1 heteroatoms. The van der Waals surface area contributed by atoms with Crippen molar-refractivity contribution in [1.82, 2.24) is 0 Å². The molecule has 0 aromatic carbocycles. The number of hydrogen-bond donors (Lipinski definition) is 0. The molecule has 1 aliphatic carbocycles. The van der Waals surface area contributed by atoms with Crippen LogP contribution in [0.1, 0.15) is 39.0 Å². The maximum atomic E-state index is 5.03. The van der Waals surface area contributed by atoms with E-state index in [0.29, 0.717) is 0 Å². The van der Waals surface area contributed by atoms with Gasteiger partial charge in [-0.3, -0.25) is 0 Å². The number of rotatable bonds is 6. The molecule has 1 rings (SSSR count). The summed E-state index contributed by atoms with van der Waals surface area (Å²) in [5, 5.41) is 0. The molecule has 66 valence electrons. The smallest absolute Gasteiger partial charge is 0.0464 e. The molecule has 11 heavy (non-hydrogen) atoms. The van der Waals surface area contributed by atoms with Gasteiger partial charge in [-0.2, -0.15) is 0 Å². The van der Waals surface area contributed by atoms with Gasteiger partial charge in [0.25, 0.3) is 0 Å². The van der Waals surface area contributed by atoms with Gasteiger partial charge in [0.1, 0.15) is 0 Å². The Hall–Kier alpha value is -0.0400. The van der Waals surface area contributed by atoms with Crippen LogP contribution in [0.4, 0.5) is 0 Å². The number of methoxy groups -OCH3 is 1. The SMILES string of the molecule is COCCC(C)CCC1CC1. The average Bonchev–Trinajstić information content (AvgIpc) is 2.80. The van der Waals surface area contributed by atoms with E-state index in [0.717, 1.165) is 18.4 Å². The van der Waals surface area contributed by atoms with Crippen LogP contribution in [0.3, 0.4) is 0 Å². The summed E-state index contributed by atoms with van der Waals surface area (Å²) in [5.41, 5.74) is 0. The van der Waals surface area contributed by atoms with Gasteiger partial charge in [-0.15, -0.1) is 0 Å². The maximum absolute atomic E-state index is 5.03. The monoisotopic (exact) mass is 156 g/mol. The van der Waals surface area contributed by atoms with Crippen LogP contribution < -0.4 is 0 Å². The third-order valence-electron chi connectivity index (χ3n) is 2.58. The molecule has 0 N–H and O–H groups in total. The topological polar surface area (TPSA) is 9.23 Å². The fourth-order valence-corrected chi connectivity index (χ4v) is 1.39. The van der Waals surface area contributed by atoms with Gasteiger partial charge < -0.3 is 4.74 Å². The molecule has 1 atom stereocenters. The molecule has 1 nitrogen and oxygen atoms in total. The maximum Gasteiger partial charge on any atom is 0.0464 e. The normalized spacial score (nSPS) is 20.2. The second-order valence-corrected chi connectivity index (χ2v) is 3.91. The molecule has 0 saturated heterocycles. The quantitative estimate of drug-likeness (QED) is 0.574. The molecule has 0 bridgehead atoms. The minimum absolute atomic E-state index is 0.871. The third kappa shape index (κ3) is 4.41. The molecule has 1 unspecified atom stereocenters. The van der Waals surface area contributed by atoms with Crippen molar-refractivity contribution in [3.05, 3.63) is 0 Å². The van der Waals surface area contributed by atoms with Crippen molar-refractivity contribution >= 4 is 0 Å². The van der Waals surface area contributed by atoms with E-state index in [4.69, 9.17) is 4.74 Å². The predicted molar refractivity (Wildman–Crippen MR) is 47.6 cm³/mol. The second kappa shape index (κ2) is 4.76. The van der Waals surface area contributed by atoms with Crippen LogP contribution >= 0.6 is 0 Å². The van der Waals surface area contributed by atoms with Crippen LogP contribution in [0, 0.1) is 11.8 Å². The van der Waals surface area contributed by atoms with Gasteiger partial charge in [-0.25, -0.2) is 0 Å². The molecule has 1 saturated carbocycles. The first-order chi connectivity index (χ1) is 5.33. The van der Waals surface area contributed by atoms with E-state index >= 15 is 0 Å². The lowest BCUT2D eigenvalue weighted by molar-refractivity contribution is 0.177. The molecule has 0 aromatic heterocycles. The molecule has 0 spiro atoms. The van der Waals surface area contributed by atoms with E-state index in [1.54, 1.807) is 7.11 Å². The van der Waals surface area contributed by atoms with Crippen molar-refractivity contribution in [2.24, 2.45) is 11.8 Å². The lowest BCUT2D eigenvalue weighted by Crippen LogP contribution is -2.00. The molecular weight excluding hydrogens is 136 g/mol. The Morgan fingerprint density at radius 3 is 2.64 bits per heavy atom. The number of hydrogen-bond acceptors (Lipinski definition) is 1. The molecule has 0 aromatic rings. The van der Waals surface area contributed by atoms with Crippen LogP contribution in [0.25, 0.3) is 0 Å². The number of ether oxygens (including phenoxy) is 1. The van der Waals surface area contributed by atoms with Crippen LogP contribution in [-0.2, 0) is 4.74 Å². The zero-order valence-electron chi connectivity index (χ0n) is 7.81. The van der Waals surface area contributed by atoms with Crippen LogP contribution in [0.2, 0.25) is 0 Å². The zero-order valence-corrected chi connectivity index (χ0v) is 7.81. The Kier molecular flexibility index (Phi) is 3.92.